The van der Waals surface area contributed by atoms with Gasteiger partial charge in [0.1, 0.15) is 11.6 Å². The van der Waals surface area contributed by atoms with Gasteiger partial charge in [-0.15, -0.1) is 0 Å². The summed E-state index contributed by atoms with van der Waals surface area (Å²) in [7, 11) is 1.57. The number of imide groups is 1. The fraction of sp³-hybridized carbons (Fsp3) is 0.273. The van der Waals surface area contributed by atoms with Crippen LogP contribution >= 0.6 is 0 Å². The lowest BCUT2D eigenvalue weighted by Gasteiger charge is -2.31. The van der Waals surface area contributed by atoms with Crippen LogP contribution in [-0.4, -0.2) is 41.4 Å². The van der Waals surface area contributed by atoms with Gasteiger partial charge in [0.25, 0.3) is 5.91 Å². The van der Waals surface area contributed by atoms with E-state index in [0.29, 0.717) is 36.5 Å². The van der Waals surface area contributed by atoms with Gasteiger partial charge in [-0.1, -0.05) is 12.1 Å². The molecule has 6 nitrogen and oxygen atoms in total. The first-order chi connectivity index (χ1) is 14.1. The van der Waals surface area contributed by atoms with Crippen molar-refractivity contribution in [1.82, 2.24) is 9.88 Å². The lowest BCUT2D eigenvalue weighted by Crippen LogP contribution is -2.44. The minimum absolute atomic E-state index is 0.150. The highest BCUT2D eigenvalue weighted by atomic mass is 19.1. The van der Waals surface area contributed by atoms with Gasteiger partial charge >= 0.3 is 0 Å². The van der Waals surface area contributed by atoms with E-state index in [1.807, 2.05) is 11.0 Å². The van der Waals surface area contributed by atoms with E-state index in [2.05, 4.69) is 4.98 Å². The smallest absolute Gasteiger partial charge is 0.251 e. The number of rotatable bonds is 3. The summed E-state index contributed by atoms with van der Waals surface area (Å²) >= 11 is 0. The van der Waals surface area contributed by atoms with Crippen molar-refractivity contribution in [1.29, 1.82) is 0 Å². The number of fused-ring (bicyclic) bond motifs is 3. The average Bonchev–Trinajstić information content (AvgIpc) is 3.26. The summed E-state index contributed by atoms with van der Waals surface area (Å²) in [6.07, 6.45) is 0.834. The van der Waals surface area contributed by atoms with Gasteiger partial charge in [0.15, 0.2) is 0 Å². The van der Waals surface area contributed by atoms with Crippen LogP contribution in [0.1, 0.15) is 17.7 Å². The van der Waals surface area contributed by atoms with Crippen molar-refractivity contribution in [2.45, 2.75) is 25.4 Å². The number of methoxy groups -OCH3 is 1. The number of hydrogen-bond acceptors (Lipinski definition) is 4. The van der Waals surface area contributed by atoms with E-state index in [1.165, 1.54) is 11.0 Å². The number of para-hydroxylation sites is 1. The number of amides is 2. The Morgan fingerprint density at radius 2 is 1.93 bits per heavy atom. The molecule has 0 bridgehead atoms. The number of H-pyrrole nitrogens is 1. The molecule has 3 heterocycles. The number of halogens is 1. The third-order valence-corrected chi connectivity index (χ3v) is 5.88. The van der Waals surface area contributed by atoms with Crippen molar-refractivity contribution in [3.05, 3.63) is 59.5 Å². The molecule has 2 aliphatic heterocycles. The van der Waals surface area contributed by atoms with Crippen LogP contribution in [0.5, 0.6) is 5.75 Å². The van der Waals surface area contributed by atoms with Crippen LogP contribution in [0.15, 0.2) is 42.5 Å². The molecule has 5 rings (SSSR count). The second-order valence-electron chi connectivity index (χ2n) is 7.45. The number of aromatic amines is 1. The highest BCUT2D eigenvalue weighted by Crippen LogP contribution is 2.33. The number of hydrogen-bond donors (Lipinski definition) is 1. The van der Waals surface area contributed by atoms with Crippen molar-refractivity contribution in [2.75, 3.05) is 18.6 Å². The number of benzene rings is 2. The number of nitrogens with zero attached hydrogens (tertiary/aromatic N) is 2. The first-order valence-corrected chi connectivity index (χ1v) is 9.59. The highest BCUT2D eigenvalue weighted by molar-refractivity contribution is 6.22. The maximum absolute atomic E-state index is 14.1. The summed E-state index contributed by atoms with van der Waals surface area (Å²) in [5.41, 5.74) is 3.07. The fourth-order valence-electron chi connectivity index (χ4n) is 4.39. The molecule has 2 aromatic carbocycles. The molecule has 1 fully saturated rings. The molecule has 148 valence electrons. The molecule has 29 heavy (non-hydrogen) atoms. The van der Waals surface area contributed by atoms with Crippen molar-refractivity contribution in [3.63, 3.8) is 0 Å². The highest BCUT2D eigenvalue weighted by Gasteiger charge is 2.43. The summed E-state index contributed by atoms with van der Waals surface area (Å²) in [5.74, 6) is -0.0312. The SMILES string of the molecule is COc1ccc(N2C(=O)C[C@H](N3CCc4[nH]c5c(F)cccc5c4C3)C2=O)cc1. The van der Waals surface area contributed by atoms with Crippen LogP contribution in [0.3, 0.4) is 0 Å². The Morgan fingerprint density at radius 1 is 1.14 bits per heavy atom. The van der Waals surface area contributed by atoms with Crippen molar-refractivity contribution >= 4 is 28.4 Å². The van der Waals surface area contributed by atoms with Gasteiger partial charge in [-0.05, 0) is 35.9 Å². The van der Waals surface area contributed by atoms with E-state index >= 15 is 0 Å². The van der Waals surface area contributed by atoms with Crippen LogP contribution in [-0.2, 0) is 22.6 Å². The Morgan fingerprint density at radius 3 is 2.69 bits per heavy atom. The maximum atomic E-state index is 14.1. The molecule has 3 aromatic rings. The zero-order valence-corrected chi connectivity index (χ0v) is 15.9. The van der Waals surface area contributed by atoms with Crippen LogP contribution < -0.4 is 9.64 Å². The minimum Gasteiger partial charge on any atom is -0.497 e. The molecular weight excluding hydrogens is 373 g/mol. The number of nitrogens with one attached hydrogen (secondary N) is 1. The summed E-state index contributed by atoms with van der Waals surface area (Å²) in [4.78, 5) is 32.2. The molecule has 1 atom stereocenters. The molecule has 7 heteroatoms. The predicted molar refractivity (Wildman–Crippen MR) is 106 cm³/mol. The Balaban J connectivity index is 1.42. The third-order valence-electron chi connectivity index (χ3n) is 5.88. The second kappa shape index (κ2) is 6.70. The van der Waals surface area contributed by atoms with E-state index in [0.717, 1.165) is 16.6 Å². The topological polar surface area (TPSA) is 65.6 Å². The Hall–Kier alpha value is -3.19. The summed E-state index contributed by atoms with van der Waals surface area (Å²) in [6.45, 7) is 1.15. The number of carbonyl (C=O) groups excluding carboxylic acids is 2. The number of aromatic nitrogens is 1. The van der Waals surface area contributed by atoms with Gasteiger partial charge in [0.2, 0.25) is 5.91 Å². The molecule has 2 aliphatic rings. The quantitative estimate of drug-likeness (QED) is 0.695. The number of anilines is 1. The second-order valence-corrected chi connectivity index (χ2v) is 7.45. The zero-order valence-electron chi connectivity index (χ0n) is 15.9. The number of carbonyl (C=O) groups is 2. The third kappa shape index (κ3) is 2.81. The predicted octanol–water partition coefficient (Wildman–Crippen LogP) is 3.01. The first-order valence-electron chi connectivity index (χ1n) is 9.59. The van der Waals surface area contributed by atoms with Gasteiger partial charge in [-0.3, -0.25) is 14.5 Å². The summed E-state index contributed by atoms with van der Waals surface area (Å²) in [5, 5.41) is 0.841. The molecule has 0 spiro atoms. The standard InChI is InChI=1S/C22H20FN3O3/c1-29-14-7-5-13(6-8-14)26-20(27)11-19(22(26)28)25-10-9-18-16(12-25)15-3-2-4-17(23)21(15)24-18/h2-8,19,24H,9-12H2,1H3/t19-/m0/s1. The van der Waals surface area contributed by atoms with E-state index in [-0.39, 0.29) is 24.1 Å². The van der Waals surface area contributed by atoms with Crippen molar-refractivity contribution in [2.24, 2.45) is 0 Å². The van der Waals surface area contributed by atoms with Gasteiger partial charge in [-0.2, -0.15) is 0 Å². The fourth-order valence-corrected chi connectivity index (χ4v) is 4.39. The molecule has 0 aliphatic carbocycles. The van der Waals surface area contributed by atoms with E-state index in [9.17, 15) is 14.0 Å². The largest absolute Gasteiger partial charge is 0.497 e. The van der Waals surface area contributed by atoms with Gasteiger partial charge in [0, 0.05) is 30.6 Å². The molecule has 1 aromatic heterocycles. The Kier molecular flexibility index (Phi) is 4.13. The maximum Gasteiger partial charge on any atom is 0.251 e. The first kappa shape index (κ1) is 17.9. The molecule has 1 saturated heterocycles. The minimum atomic E-state index is -0.503. The molecule has 0 saturated carbocycles. The number of ether oxygens (including phenoxy) is 1. The van der Waals surface area contributed by atoms with E-state index in [1.54, 1.807) is 37.4 Å². The Bertz CT molecular complexity index is 1120. The molecular formula is C22H20FN3O3. The van der Waals surface area contributed by atoms with Crippen LogP contribution in [0, 0.1) is 5.82 Å². The molecule has 1 N–H and O–H groups in total. The van der Waals surface area contributed by atoms with Gasteiger partial charge < -0.3 is 9.72 Å². The van der Waals surface area contributed by atoms with Crippen LogP contribution in [0.25, 0.3) is 10.9 Å². The average molecular weight is 393 g/mol. The zero-order chi connectivity index (χ0) is 20.1. The van der Waals surface area contributed by atoms with E-state index < -0.39 is 6.04 Å². The van der Waals surface area contributed by atoms with Crippen LogP contribution in [0.4, 0.5) is 10.1 Å². The lowest BCUT2D eigenvalue weighted by atomic mass is 10.0. The summed E-state index contributed by atoms with van der Waals surface area (Å²) in [6, 6.07) is 11.4. The molecule has 2 amide bonds. The monoisotopic (exact) mass is 393 g/mol. The van der Waals surface area contributed by atoms with Gasteiger partial charge in [0.05, 0.1) is 30.8 Å². The van der Waals surface area contributed by atoms with Crippen molar-refractivity contribution < 1.29 is 18.7 Å². The molecule has 0 radical (unpaired) electrons. The van der Waals surface area contributed by atoms with E-state index in [4.69, 9.17) is 4.74 Å². The molecule has 0 unspecified atom stereocenters. The normalized spacial score (nSPS) is 19.8. The van der Waals surface area contributed by atoms with Crippen LogP contribution in [0.2, 0.25) is 0 Å². The van der Waals surface area contributed by atoms with Crippen molar-refractivity contribution in [3.8, 4) is 5.75 Å². The Labute approximate surface area is 166 Å². The summed E-state index contributed by atoms with van der Waals surface area (Å²) < 4.78 is 19.3. The van der Waals surface area contributed by atoms with Gasteiger partial charge in [-0.25, -0.2) is 9.29 Å². The lowest BCUT2D eigenvalue weighted by molar-refractivity contribution is -0.123.